The van der Waals surface area contributed by atoms with E-state index in [1.54, 1.807) is 5.01 Å². The number of halogens is 1. The van der Waals surface area contributed by atoms with Gasteiger partial charge >= 0.3 is 6.03 Å². The van der Waals surface area contributed by atoms with Crippen molar-refractivity contribution in [1.29, 1.82) is 0 Å². The zero-order valence-corrected chi connectivity index (χ0v) is 8.94. The van der Waals surface area contributed by atoms with E-state index in [0.29, 0.717) is 26.3 Å². The van der Waals surface area contributed by atoms with Crippen LogP contribution >= 0.6 is 11.6 Å². The summed E-state index contributed by atoms with van der Waals surface area (Å²) in [5, 5.41) is 5.00. The van der Waals surface area contributed by atoms with Gasteiger partial charge in [-0.15, -0.1) is 16.5 Å². The lowest BCUT2D eigenvalue weighted by molar-refractivity contribution is 0.0162. The zero-order valence-electron chi connectivity index (χ0n) is 8.19. The van der Waals surface area contributed by atoms with Gasteiger partial charge in [0.2, 0.25) is 0 Å². The third kappa shape index (κ3) is 3.98. The highest BCUT2D eigenvalue weighted by Crippen LogP contribution is 1.96. The third-order valence-corrected chi connectivity index (χ3v) is 2.06. The average molecular weight is 237 g/mol. The number of morpholine rings is 1. The third-order valence-electron chi connectivity index (χ3n) is 1.89. The summed E-state index contributed by atoms with van der Waals surface area (Å²) in [6.07, 6.45) is 0. The number of nitrogens with zero attached hydrogens (tertiary/aromatic N) is 3. The molecule has 7 nitrogen and oxygen atoms in total. The second kappa shape index (κ2) is 6.54. The smallest absolute Gasteiger partial charge is 0.354 e. The molecule has 2 amide bonds. The maximum Gasteiger partial charge on any atom is 0.354 e. The van der Waals surface area contributed by atoms with Crippen LogP contribution in [0.1, 0.15) is 0 Å². The molecule has 8 heteroatoms. The van der Waals surface area contributed by atoms with Crippen LogP contribution in [0.25, 0.3) is 0 Å². The van der Waals surface area contributed by atoms with Crippen LogP contribution in [0.5, 0.6) is 0 Å². The summed E-state index contributed by atoms with van der Waals surface area (Å²) in [6.45, 7) is 2.41. The van der Waals surface area contributed by atoms with E-state index in [0.717, 1.165) is 5.01 Å². The van der Waals surface area contributed by atoms with Crippen LogP contribution < -0.4 is 5.43 Å². The summed E-state index contributed by atoms with van der Waals surface area (Å²) in [7, 11) is 0. The molecule has 0 aliphatic carbocycles. The van der Waals surface area contributed by atoms with E-state index in [9.17, 15) is 9.70 Å². The minimum Gasteiger partial charge on any atom is -0.379 e. The van der Waals surface area contributed by atoms with Crippen molar-refractivity contribution >= 4 is 17.6 Å². The lowest BCUT2D eigenvalue weighted by atomic mass is 10.5. The van der Waals surface area contributed by atoms with Crippen LogP contribution in [-0.2, 0) is 4.74 Å². The summed E-state index contributed by atoms with van der Waals surface area (Å²) >= 11 is 5.41. The molecule has 1 rings (SSSR count). The molecular weight excluding hydrogens is 224 g/mol. The molecule has 0 spiro atoms. The number of urea groups is 1. The van der Waals surface area contributed by atoms with Crippen LogP contribution in [0, 0.1) is 4.91 Å². The number of hydrazine groups is 1. The fourth-order valence-electron chi connectivity index (χ4n) is 1.13. The first-order valence-corrected chi connectivity index (χ1v) is 5.11. The Bertz CT molecular complexity index is 222. The molecule has 0 aromatic rings. The van der Waals surface area contributed by atoms with E-state index in [1.807, 2.05) is 0 Å². The van der Waals surface area contributed by atoms with Crippen LogP contribution in [0.4, 0.5) is 4.79 Å². The molecule has 0 aromatic carbocycles. The Kier molecular flexibility index (Phi) is 5.30. The number of hydrogen-bond donors (Lipinski definition) is 1. The number of alkyl halides is 1. The number of carbonyl (C=O) groups excluding carboxylic acids is 1. The van der Waals surface area contributed by atoms with Crippen molar-refractivity contribution in [1.82, 2.24) is 15.4 Å². The van der Waals surface area contributed by atoms with Gasteiger partial charge in [-0.2, -0.15) is 5.01 Å². The largest absolute Gasteiger partial charge is 0.379 e. The Labute approximate surface area is 92.2 Å². The Balaban J connectivity index is 2.34. The SMILES string of the molecule is O=NN(CCCl)C(=O)NN1CCOCC1. The molecule has 0 bridgehead atoms. The number of carbonyl (C=O) groups is 1. The molecule has 1 N–H and O–H groups in total. The fraction of sp³-hybridized carbons (Fsp3) is 0.857. The highest BCUT2D eigenvalue weighted by molar-refractivity contribution is 6.18. The summed E-state index contributed by atoms with van der Waals surface area (Å²) < 4.78 is 5.10. The second-order valence-corrected chi connectivity index (χ2v) is 3.29. The van der Waals surface area contributed by atoms with E-state index in [2.05, 4.69) is 10.7 Å². The number of amides is 2. The molecule has 1 aliphatic rings. The van der Waals surface area contributed by atoms with Crippen molar-refractivity contribution in [3.8, 4) is 0 Å². The van der Waals surface area contributed by atoms with Crippen molar-refractivity contribution in [3.05, 3.63) is 4.91 Å². The summed E-state index contributed by atoms with van der Waals surface area (Å²) in [5.74, 6) is 0.169. The first-order valence-electron chi connectivity index (χ1n) is 4.58. The molecule has 0 unspecified atom stereocenters. The van der Waals surface area contributed by atoms with Gasteiger partial charge < -0.3 is 4.74 Å². The van der Waals surface area contributed by atoms with Crippen molar-refractivity contribution < 1.29 is 9.53 Å². The molecule has 1 fully saturated rings. The van der Waals surface area contributed by atoms with E-state index in [-0.39, 0.29) is 12.4 Å². The number of nitrogens with one attached hydrogen (secondary N) is 1. The Hall–Kier alpha value is -0.920. The maximum atomic E-state index is 11.4. The molecule has 86 valence electrons. The fourth-order valence-corrected chi connectivity index (χ4v) is 1.29. The predicted octanol–water partition coefficient (Wildman–Crippen LogP) is 0.165. The number of nitroso groups, excluding NO2 is 1. The van der Waals surface area contributed by atoms with E-state index < -0.39 is 6.03 Å². The minimum absolute atomic E-state index is 0.0984. The van der Waals surface area contributed by atoms with Crippen LogP contribution in [0.2, 0.25) is 0 Å². The van der Waals surface area contributed by atoms with E-state index in [1.165, 1.54) is 0 Å². The molecule has 0 aromatic heterocycles. The van der Waals surface area contributed by atoms with E-state index >= 15 is 0 Å². The van der Waals surface area contributed by atoms with Crippen molar-refractivity contribution in [2.24, 2.45) is 5.29 Å². The predicted molar refractivity (Wildman–Crippen MR) is 54.1 cm³/mol. The summed E-state index contributed by atoms with van der Waals surface area (Å²) in [6, 6.07) is -0.562. The normalized spacial score (nSPS) is 17.1. The van der Waals surface area contributed by atoms with Gasteiger partial charge in [-0.1, -0.05) is 0 Å². The summed E-state index contributed by atoms with van der Waals surface area (Å²) in [5.41, 5.74) is 2.54. The van der Waals surface area contributed by atoms with Gasteiger partial charge in [0.15, 0.2) is 0 Å². The topological polar surface area (TPSA) is 74.2 Å². The standard InChI is InChI=1S/C7H13ClN4O3/c8-1-2-12(10-14)7(13)9-11-3-5-15-6-4-11/h1-6H2,(H,9,13). The number of ether oxygens (including phenoxy) is 1. The first kappa shape index (κ1) is 12.2. The minimum atomic E-state index is -0.562. The number of hydrogen-bond acceptors (Lipinski definition) is 5. The highest BCUT2D eigenvalue weighted by Gasteiger charge is 2.18. The Morgan fingerprint density at radius 1 is 1.53 bits per heavy atom. The van der Waals surface area contributed by atoms with Crippen molar-refractivity contribution in [3.63, 3.8) is 0 Å². The second-order valence-electron chi connectivity index (χ2n) is 2.91. The van der Waals surface area contributed by atoms with E-state index in [4.69, 9.17) is 16.3 Å². The van der Waals surface area contributed by atoms with Gasteiger partial charge in [0.1, 0.15) is 0 Å². The number of rotatable bonds is 4. The van der Waals surface area contributed by atoms with Crippen molar-refractivity contribution in [2.45, 2.75) is 0 Å². The van der Waals surface area contributed by atoms with Crippen molar-refractivity contribution in [2.75, 3.05) is 38.7 Å². The quantitative estimate of drug-likeness (QED) is 0.429. The van der Waals surface area contributed by atoms with Gasteiger partial charge in [-0.25, -0.2) is 9.80 Å². The Morgan fingerprint density at radius 3 is 2.73 bits per heavy atom. The lowest BCUT2D eigenvalue weighted by Crippen LogP contribution is -2.52. The average Bonchev–Trinajstić information content (AvgIpc) is 2.27. The lowest BCUT2D eigenvalue weighted by Gasteiger charge is -2.27. The van der Waals surface area contributed by atoms with Gasteiger partial charge in [-0.3, -0.25) is 5.43 Å². The van der Waals surface area contributed by atoms with Gasteiger partial charge in [0, 0.05) is 19.0 Å². The molecule has 0 radical (unpaired) electrons. The molecule has 1 saturated heterocycles. The molecule has 0 atom stereocenters. The molecule has 15 heavy (non-hydrogen) atoms. The molecule has 1 heterocycles. The molecule has 0 saturated carbocycles. The van der Waals surface area contributed by atoms with Gasteiger partial charge in [0.05, 0.1) is 25.0 Å². The maximum absolute atomic E-state index is 11.4. The zero-order chi connectivity index (χ0) is 11.1. The first-order chi connectivity index (χ1) is 7.27. The summed E-state index contributed by atoms with van der Waals surface area (Å²) in [4.78, 5) is 21.7. The molecule has 1 aliphatic heterocycles. The van der Waals surface area contributed by atoms with Crippen LogP contribution in [0.15, 0.2) is 5.29 Å². The van der Waals surface area contributed by atoms with Crippen LogP contribution in [0.3, 0.4) is 0 Å². The van der Waals surface area contributed by atoms with Gasteiger partial charge in [0.25, 0.3) is 0 Å². The Morgan fingerprint density at radius 2 is 2.20 bits per heavy atom. The highest BCUT2D eigenvalue weighted by atomic mass is 35.5. The van der Waals surface area contributed by atoms with Crippen LogP contribution in [-0.4, -0.2) is 54.8 Å². The van der Waals surface area contributed by atoms with Gasteiger partial charge in [-0.05, 0) is 0 Å². The monoisotopic (exact) mass is 236 g/mol. The molecular formula is C7H13ClN4O3.